The molecule has 0 bridgehead atoms. The molecule has 1 rings (SSSR count). The molecule has 88 valence electrons. The fourth-order valence-electron chi connectivity index (χ4n) is 0.988. The molecule has 1 aromatic carbocycles. The lowest BCUT2D eigenvalue weighted by Crippen LogP contribution is -2.35. The first kappa shape index (κ1) is 13.7. The molecule has 1 aromatic rings. The number of nitrogens with one attached hydrogen (secondary N) is 2. The number of carbonyl (C=O) groups excluding carboxylic acids is 2. The summed E-state index contributed by atoms with van der Waals surface area (Å²) >= 11 is 6.50. The van der Waals surface area contributed by atoms with Gasteiger partial charge in [-0.1, -0.05) is 6.07 Å². The molecule has 0 fully saturated rings. The van der Waals surface area contributed by atoms with Gasteiger partial charge in [-0.05, 0) is 44.0 Å². The van der Waals surface area contributed by atoms with E-state index in [1.54, 1.807) is 24.3 Å². The molecule has 5 nitrogen and oxygen atoms in total. The van der Waals surface area contributed by atoms with Crippen molar-refractivity contribution in [2.45, 2.75) is 0 Å². The molecule has 0 radical (unpaired) electrons. The van der Waals surface area contributed by atoms with E-state index in [9.17, 15) is 9.59 Å². The van der Waals surface area contributed by atoms with Crippen LogP contribution in [0.3, 0.4) is 0 Å². The van der Waals surface area contributed by atoms with Crippen LogP contribution < -0.4 is 10.6 Å². The molecule has 0 aliphatic rings. The first-order chi connectivity index (χ1) is 8.06. The average Bonchev–Trinajstić information content (AvgIpc) is 2.30. The topological polar surface area (TPSA) is 82.0 Å². The largest absolute Gasteiger partial charge is 0.335 e. The number of benzene rings is 1. The number of halogens is 2. The minimum absolute atomic E-state index is 0.205. The van der Waals surface area contributed by atoms with Crippen LogP contribution in [0.2, 0.25) is 0 Å². The summed E-state index contributed by atoms with van der Waals surface area (Å²) in [6, 6.07) is 6.95. The summed E-state index contributed by atoms with van der Waals surface area (Å²) in [6.07, 6.45) is 0. The van der Waals surface area contributed by atoms with Crippen molar-refractivity contribution >= 4 is 49.4 Å². The van der Waals surface area contributed by atoms with Crippen molar-refractivity contribution < 1.29 is 9.59 Å². The minimum atomic E-state index is -0.853. The summed E-state index contributed by atoms with van der Waals surface area (Å²) in [4.78, 5) is 22.7. The lowest BCUT2D eigenvalue weighted by atomic mass is 10.3. The summed E-state index contributed by atoms with van der Waals surface area (Å²) in [6.45, 7) is -0.205. The molecule has 0 spiro atoms. The predicted octanol–water partition coefficient (Wildman–Crippen LogP) is 1.79. The molecule has 0 aliphatic carbocycles. The normalized spacial score (nSPS) is 9.24. The number of rotatable bonds is 2. The van der Waals surface area contributed by atoms with Crippen molar-refractivity contribution in [2.24, 2.45) is 0 Å². The van der Waals surface area contributed by atoms with E-state index >= 15 is 0 Å². The van der Waals surface area contributed by atoms with Gasteiger partial charge in [-0.25, -0.2) is 0 Å². The second-order valence-electron chi connectivity index (χ2n) is 2.89. The van der Waals surface area contributed by atoms with Gasteiger partial charge in [0.1, 0.15) is 6.54 Å². The van der Waals surface area contributed by atoms with Crippen LogP contribution in [0.4, 0.5) is 5.69 Å². The van der Waals surface area contributed by atoms with Crippen LogP contribution in [-0.4, -0.2) is 18.4 Å². The van der Waals surface area contributed by atoms with Crippen molar-refractivity contribution in [2.75, 3.05) is 11.9 Å². The van der Waals surface area contributed by atoms with Crippen LogP contribution in [0.15, 0.2) is 27.1 Å². The number of nitriles is 1. The van der Waals surface area contributed by atoms with Gasteiger partial charge in [-0.3, -0.25) is 9.59 Å². The molecule has 0 unspecified atom stereocenters. The number of nitrogens with zero attached hydrogens (tertiary/aromatic N) is 1. The van der Waals surface area contributed by atoms with E-state index in [4.69, 9.17) is 5.26 Å². The maximum Gasteiger partial charge on any atom is 0.313 e. The molecule has 0 heterocycles. The highest BCUT2D eigenvalue weighted by atomic mass is 79.9. The number of amides is 2. The molecule has 2 N–H and O–H groups in total. The van der Waals surface area contributed by atoms with Crippen LogP contribution in [0.5, 0.6) is 0 Å². The Bertz CT molecular complexity index is 477. The zero-order valence-corrected chi connectivity index (χ0v) is 11.6. The molecule has 0 saturated carbocycles. The van der Waals surface area contributed by atoms with Crippen LogP contribution in [0.1, 0.15) is 0 Å². The van der Waals surface area contributed by atoms with Gasteiger partial charge in [-0.15, -0.1) is 0 Å². The summed E-state index contributed by atoms with van der Waals surface area (Å²) in [7, 11) is 0. The maximum absolute atomic E-state index is 11.4. The average molecular weight is 361 g/mol. The van der Waals surface area contributed by atoms with E-state index in [0.29, 0.717) is 14.6 Å². The van der Waals surface area contributed by atoms with Crippen LogP contribution in [0, 0.1) is 11.3 Å². The number of hydrogen-bond acceptors (Lipinski definition) is 3. The lowest BCUT2D eigenvalue weighted by Gasteiger charge is -2.08. The van der Waals surface area contributed by atoms with E-state index in [0.717, 1.165) is 0 Å². The standard InChI is InChI=1S/C10H7Br2N3O2/c11-6-2-1-3-7(12)8(6)15-10(17)9(16)14-5-4-13/h1-3H,5H2,(H,14,16)(H,15,17). The molecule has 7 heteroatoms. The molecule has 0 saturated heterocycles. The zero-order chi connectivity index (χ0) is 12.8. The monoisotopic (exact) mass is 359 g/mol. The fraction of sp³-hybridized carbons (Fsp3) is 0.100. The fourth-order valence-corrected chi connectivity index (χ4v) is 2.18. The molecule has 17 heavy (non-hydrogen) atoms. The number of carbonyl (C=O) groups is 2. The van der Waals surface area contributed by atoms with Gasteiger partial charge in [0.25, 0.3) is 0 Å². The highest BCUT2D eigenvalue weighted by molar-refractivity contribution is 9.11. The van der Waals surface area contributed by atoms with Crippen molar-refractivity contribution in [3.05, 3.63) is 27.1 Å². The van der Waals surface area contributed by atoms with Gasteiger partial charge in [0.05, 0.1) is 11.8 Å². The molecular weight excluding hydrogens is 354 g/mol. The van der Waals surface area contributed by atoms with E-state index in [-0.39, 0.29) is 6.54 Å². The van der Waals surface area contributed by atoms with E-state index in [1.807, 2.05) is 0 Å². The third-order valence-corrected chi connectivity index (χ3v) is 3.06. The molecule has 2 amide bonds. The minimum Gasteiger partial charge on any atom is -0.335 e. The second kappa shape index (κ2) is 6.37. The van der Waals surface area contributed by atoms with Gasteiger partial charge in [0.15, 0.2) is 0 Å². The number of hydrogen-bond donors (Lipinski definition) is 2. The Morgan fingerprint density at radius 2 is 1.82 bits per heavy atom. The molecular formula is C10H7Br2N3O2. The smallest absolute Gasteiger partial charge is 0.313 e. The van der Waals surface area contributed by atoms with E-state index in [2.05, 4.69) is 42.5 Å². The Kier molecular flexibility index (Phi) is 5.12. The molecule has 0 aromatic heterocycles. The van der Waals surface area contributed by atoms with Crippen molar-refractivity contribution in [1.29, 1.82) is 5.26 Å². The zero-order valence-electron chi connectivity index (χ0n) is 8.46. The Hall–Kier alpha value is -1.39. The molecule has 0 atom stereocenters. The Labute approximate surface area is 114 Å². The van der Waals surface area contributed by atoms with Crippen LogP contribution in [0.25, 0.3) is 0 Å². The Morgan fingerprint density at radius 3 is 2.35 bits per heavy atom. The van der Waals surface area contributed by atoms with Crippen molar-refractivity contribution in [3.8, 4) is 6.07 Å². The molecule has 0 aliphatic heterocycles. The van der Waals surface area contributed by atoms with Gasteiger partial charge in [-0.2, -0.15) is 5.26 Å². The number of para-hydroxylation sites is 1. The number of anilines is 1. The van der Waals surface area contributed by atoms with Gasteiger partial charge in [0, 0.05) is 8.95 Å². The van der Waals surface area contributed by atoms with E-state index in [1.165, 1.54) is 0 Å². The summed E-state index contributed by atoms with van der Waals surface area (Å²) in [5, 5.41) is 12.8. The SMILES string of the molecule is N#CCNC(=O)C(=O)Nc1c(Br)cccc1Br. The van der Waals surface area contributed by atoms with Gasteiger partial charge < -0.3 is 10.6 Å². The third kappa shape index (κ3) is 3.84. The van der Waals surface area contributed by atoms with Crippen molar-refractivity contribution in [3.63, 3.8) is 0 Å². The first-order valence-electron chi connectivity index (χ1n) is 4.46. The predicted molar refractivity (Wildman–Crippen MR) is 69.1 cm³/mol. The van der Waals surface area contributed by atoms with Gasteiger partial charge >= 0.3 is 11.8 Å². The highest BCUT2D eigenvalue weighted by Gasteiger charge is 2.15. The quantitative estimate of drug-likeness (QED) is 0.623. The van der Waals surface area contributed by atoms with Crippen molar-refractivity contribution in [1.82, 2.24) is 5.32 Å². The third-order valence-electron chi connectivity index (χ3n) is 1.74. The summed E-state index contributed by atoms with van der Waals surface area (Å²) in [5.41, 5.74) is 0.463. The Balaban J connectivity index is 2.75. The van der Waals surface area contributed by atoms with Crippen LogP contribution in [-0.2, 0) is 9.59 Å². The maximum atomic E-state index is 11.4. The van der Waals surface area contributed by atoms with Gasteiger partial charge in [0.2, 0.25) is 0 Å². The summed E-state index contributed by atoms with van der Waals surface area (Å²) in [5.74, 6) is -1.68. The van der Waals surface area contributed by atoms with E-state index < -0.39 is 11.8 Å². The lowest BCUT2D eigenvalue weighted by molar-refractivity contribution is -0.136. The summed E-state index contributed by atoms with van der Waals surface area (Å²) < 4.78 is 1.29. The van der Waals surface area contributed by atoms with Crippen LogP contribution >= 0.6 is 31.9 Å². The second-order valence-corrected chi connectivity index (χ2v) is 4.60. The first-order valence-corrected chi connectivity index (χ1v) is 6.05. The Morgan fingerprint density at radius 1 is 1.24 bits per heavy atom. The highest BCUT2D eigenvalue weighted by Crippen LogP contribution is 2.30.